The second-order valence-corrected chi connectivity index (χ2v) is 10.3. The van der Waals surface area contributed by atoms with Gasteiger partial charge in [-0.05, 0) is 38.1 Å². The van der Waals surface area contributed by atoms with E-state index in [4.69, 9.17) is 4.43 Å². The molecule has 0 aromatic carbocycles. The Labute approximate surface area is 115 Å². The highest BCUT2D eigenvalue weighted by Crippen LogP contribution is 2.16. The van der Waals surface area contributed by atoms with Crippen molar-refractivity contribution in [2.24, 2.45) is 0 Å². The van der Waals surface area contributed by atoms with E-state index in [1.165, 1.54) is 11.8 Å². The Balaban J connectivity index is 4.72. The van der Waals surface area contributed by atoms with E-state index in [2.05, 4.69) is 0 Å². The van der Waals surface area contributed by atoms with Gasteiger partial charge in [-0.2, -0.15) is 24.9 Å². The number of carbonyl (C=O) groups excluding carboxylic acids is 2. The summed E-state index contributed by atoms with van der Waals surface area (Å²) in [5, 5.41) is 1.68. The van der Waals surface area contributed by atoms with Crippen LogP contribution in [0, 0.1) is 0 Å². The number of thioether (sulfide) groups is 1. The fourth-order valence-electron chi connectivity index (χ4n) is 1.10. The van der Waals surface area contributed by atoms with Crippen molar-refractivity contribution < 1.29 is 27.2 Å². The fourth-order valence-corrected chi connectivity index (χ4v) is 2.31. The van der Waals surface area contributed by atoms with Gasteiger partial charge in [0, 0.05) is 0 Å². The average Bonchev–Trinajstić information content (AvgIpc) is 2.19. The molecule has 0 aliphatic rings. The lowest BCUT2D eigenvalue weighted by Gasteiger charge is -2.23. The molecule has 112 valence electrons. The molecule has 0 saturated carbocycles. The summed E-state index contributed by atoms with van der Waals surface area (Å²) in [5.74, 6) is -2.47. The lowest BCUT2D eigenvalue weighted by atomic mass is 10.2. The number of rotatable bonds is 6. The van der Waals surface area contributed by atoms with Gasteiger partial charge < -0.3 is 9.74 Å². The standard InChI is InChI=1S/C10H18F3NO3SSi/c1-18-6-5-7(8(15)17-19(2,3)4)14-9(16)10(11,12)13/h7H,5-6H2,1-4H3,(H,14,16)/t7-/m0/s1. The van der Waals surface area contributed by atoms with E-state index in [1.807, 2.05) is 0 Å². The molecule has 0 radical (unpaired) electrons. The summed E-state index contributed by atoms with van der Waals surface area (Å²) in [5.41, 5.74) is 0. The number of halogens is 3. The first kappa shape index (κ1) is 18.3. The molecule has 9 heteroatoms. The molecule has 0 fully saturated rings. The molecule has 0 aliphatic carbocycles. The van der Waals surface area contributed by atoms with Crippen molar-refractivity contribution in [2.75, 3.05) is 12.0 Å². The molecule has 1 atom stereocenters. The van der Waals surface area contributed by atoms with E-state index in [0.717, 1.165) is 0 Å². The number of hydrogen-bond acceptors (Lipinski definition) is 4. The van der Waals surface area contributed by atoms with Gasteiger partial charge in [0.15, 0.2) is 0 Å². The van der Waals surface area contributed by atoms with Crippen LogP contribution < -0.4 is 5.32 Å². The van der Waals surface area contributed by atoms with Gasteiger partial charge in [0.05, 0.1) is 0 Å². The quantitative estimate of drug-likeness (QED) is 0.763. The molecule has 0 unspecified atom stereocenters. The third-order valence-electron chi connectivity index (χ3n) is 1.86. The molecular formula is C10H18F3NO3SSi. The molecule has 0 heterocycles. The normalized spacial score (nSPS) is 13.8. The van der Waals surface area contributed by atoms with Crippen molar-refractivity contribution in [3.8, 4) is 0 Å². The van der Waals surface area contributed by atoms with Gasteiger partial charge >= 0.3 is 18.1 Å². The van der Waals surface area contributed by atoms with E-state index >= 15 is 0 Å². The Hall–Kier alpha value is -0.703. The zero-order valence-electron chi connectivity index (χ0n) is 11.3. The number of amides is 1. The minimum atomic E-state index is -5.00. The Morgan fingerprint density at radius 1 is 1.32 bits per heavy atom. The topological polar surface area (TPSA) is 55.4 Å². The van der Waals surface area contributed by atoms with Gasteiger partial charge in [-0.1, -0.05) is 0 Å². The molecule has 4 nitrogen and oxygen atoms in total. The van der Waals surface area contributed by atoms with E-state index in [1.54, 1.807) is 31.2 Å². The Morgan fingerprint density at radius 3 is 2.21 bits per heavy atom. The molecule has 0 aromatic rings. The van der Waals surface area contributed by atoms with Crippen molar-refractivity contribution in [1.29, 1.82) is 0 Å². The minimum Gasteiger partial charge on any atom is -0.518 e. The maximum atomic E-state index is 12.2. The summed E-state index contributed by atoms with van der Waals surface area (Å²) < 4.78 is 41.6. The van der Waals surface area contributed by atoms with Crippen molar-refractivity contribution in [3.05, 3.63) is 0 Å². The maximum absolute atomic E-state index is 12.2. The summed E-state index contributed by atoms with van der Waals surface area (Å²) in [4.78, 5) is 22.6. The zero-order chi connectivity index (χ0) is 15.3. The lowest BCUT2D eigenvalue weighted by molar-refractivity contribution is -0.175. The molecule has 0 saturated heterocycles. The van der Waals surface area contributed by atoms with Crippen LogP contribution in [0.2, 0.25) is 19.6 Å². The van der Waals surface area contributed by atoms with Gasteiger partial charge in [0.2, 0.25) is 8.32 Å². The van der Waals surface area contributed by atoms with Crippen LogP contribution in [0.1, 0.15) is 6.42 Å². The molecule has 0 aromatic heterocycles. The summed E-state index contributed by atoms with van der Waals surface area (Å²) in [6.45, 7) is 5.21. The summed E-state index contributed by atoms with van der Waals surface area (Å²) in [6, 6.07) is -1.26. The van der Waals surface area contributed by atoms with Crippen LogP contribution in [0.4, 0.5) is 13.2 Å². The molecule has 1 amide bonds. The number of hydrogen-bond donors (Lipinski definition) is 1. The monoisotopic (exact) mass is 317 g/mol. The Morgan fingerprint density at radius 2 is 1.84 bits per heavy atom. The molecule has 1 N–H and O–H groups in total. The molecule has 0 rings (SSSR count). The summed E-state index contributed by atoms with van der Waals surface area (Å²) in [7, 11) is -2.21. The van der Waals surface area contributed by atoms with Crippen LogP contribution in [0.25, 0.3) is 0 Å². The lowest BCUT2D eigenvalue weighted by Crippen LogP contribution is -2.49. The second kappa shape index (κ2) is 7.18. The van der Waals surface area contributed by atoms with Gasteiger partial charge in [-0.3, -0.25) is 9.59 Å². The SMILES string of the molecule is CSCC[C@H](NC(=O)C(F)(F)F)C(=O)O[Si](C)(C)C. The van der Waals surface area contributed by atoms with Crippen molar-refractivity contribution >= 4 is 32.0 Å². The Kier molecular flexibility index (Phi) is 6.91. The predicted molar refractivity (Wildman–Crippen MR) is 70.4 cm³/mol. The summed E-state index contributed by atoms with van der Waals surface area (Å²) in [6.07, 6.45) is -3.14. The van der Waals surface area contributed by atoms with Crippen LogP contribution >= 0.6 is 11.8 Å². The third kappa shape index (κ3) is 8.14. The molecular weight excluding hydrogens is 299 g/mol. The van der Waals surface area contributed by atoms with Crippen LogP contribution in [-0.2, 0) is 14.0 Å². The van der Waals surface area contributed by atoms with Gasteiger partial charge in [-0.25, -0.2) is 0 Å². The predicted octanol–water partition coefficient (Wildman–Crippen LogP) is 2.16. The second-order valence-electron chi connectivity index (χ2n) is 4.84. The average molecular weight is 317 g/mol. The number of carbonyl (C=O) groups is 2. The zero-order valence-corrected chi connectivity index (χ0v) is 13.1. The first-order valence-electron chi connectivity index (χ1n) is 5.57. The van der Waals surface area contributed by atoms with E-state index in [-0.39, 0.29) is 6.42 Å². The maximum Gasteiger partial charge on any atom is 0.471 e. The van der Waals surface area contributed by atoms with Crippen LogP contribution in [0.5, 0.6) is 0 Å². The van der Waals surface area contributed by atoms with E-state index < -0.39 is 32.4 Å². The highest BCUT2D eigenvalue weighted by molar-refractivity contribution is 7.98. The van der Waals surface area contributed by atoms with Crippen molar-refractivity contribution in [1.82, 2.24) is 5.32 Å². The van der Waals surface area contributed by atoms with Crippen LogP contribution in [0.15, 0.2) is 0 Å². The van der Waals surface area contributed by atoms with Crippen molar-refractivity contribution in [2.45, 2.75) is 38.3 Å². The highest BCUT2D eigenvalue weighted by Gasteiger charge is 2.41. The smallest absolute Gasteiger partial charge is 0.471 e. The number of alkyl halides is 3. The first-order chi connectivity index (χ1) is 8.47. The van der Waals surface area contributed by atoms with Gasteiger partial charge in [-0.15, -0.1) is 0 Å². The summed E-state index contributed by atoms with van der Waals surface area (Å²) >= 11 is 1.37. The van der Waals surface area contributed by atoms with E-state index in [0.29, 0.717) is 5.75 Å². The third-order valence-corrected chi connectivity index (χ3v) is 3.32. The highest BCUT2D eigenvalue weighted by atomic mass is 32.2. The molecule has 0 aliphatic heterocycles. The Bertz CT molecular complexity index is 331. The largest absolute Gasteiger partial charge is 0.518 e. The molecule has 0 spiro atoms. The fraction of sp³-hybridized carbons (Fsp3) is 0.800. The molecule has 0 bridgehead atoms. The van der Waals surface area contributed by atoms with Gasteiger partial charge in [0.1, 0.15) is 6.04 Å². The number of nitrogens with one attached hydrogen (secondary N) is 1. The van der Waals surface area contributed by atoms with Crippen molar-refractivity contribution in [3.63, 3.8) is 0 Å². The van der Waals surface area contributed by atoms with Crippen LogP contribution in [-0.4, -0.2) is 44.4 Å². The van der Waals surface area contributed by atoms with Crippen LogP contribution in [0.3, 0.4) is 0 Å². The molecule has 19 heavy (non-hydrogen) atoms. The van der Waals surface area contributed by atoms with Gasteiger partial charge in [0.25, 0.3) is 0 Å². The first-order valence-corrected chi connectivity index (χ1v) is 10.4. The minimum absolute atomic E-state index is 0.103. The van der Waals surface area contributed by atoms with E-state index in [9.17, 15) is 22.8 Å².